The number of ether oxygens (including phenoxy) is 2. The molecule has 5 atom stereocenters. The number of rotatable bonds is 2. The molecule has 2 fully saturated rings. The minimum Gasteiger partial charge on any atom is -0.459 e. The van der Waals surface area contributed by atoms with Crippen LogP contribution in [0.4, 0.5) is 0 Å². The lowest BCUT2D eigenvalue weighted by Gasteiger charge is -2.54. The molecule has 0 radical (unpaired) electrons. The molecule has 0 unspecified atom stereocenters. The first kappa shape index (κ1) is 18.2. The minimum absolute atomic E-state index is 0.0324. The fraction of sp³-hybridized carbons (Fsp3) is 0.700. The Balaban J connectivity index is 1.83. The molecule has 138 valence electrons. The molecule has 1 heterocycles. The molecule has 2 aliphatic carbocycles. The van der Waals surface area contributed by atoms with E-state index in [0.29, 0.717) is 36.3 Å². The zero-order chi connectivity index (χ0) is 18.6. The summed E-state index contributed by atoms with van der Waals surface area (Å²) in [7, 11) is 0. The molecule has 2 saturated carbocycles. The highest BCUT2D eigenvalue weighted by molar-refractivity contribution is 5.92. The van der Waals surface area contributed by atoms with Crippen molar-refractivity contribution in [3.63, 3.8) is 0 Å². The summed E-state index contributed by atoms with van der Waals surface area (Å²) >= 11 is 0. The normalized spacial score (nSPS) is 41.1. The van der Waals surface area contributed by atoms with Gasteiger partial charge in [-0.05, 0) is 57.3 Å². The maximum absolute atomic E-state index is 12.1. The van der Waals surface area contributed by atoms with Gasteiger partial charge in [-0.1, -0.05) is 19.9 Å². The van der Waals surface area contributed by atoms with E-state index in [1.807, 2.05) is 6.92 Å². The van der Waals surface area contributed by atoms with Crippen molar-refractivity contribution in [3.8, 4) is 0 Å². The standard InChI is InChI=1S/C20H28O5/c1-6-11(2)17(21)24-15-7-12(3)19(5)10-16-13(4)18(22)25-20(16,23)9-14(19)8-15/h6,12,14-15,23H,7-10H2,1-5H3/b11-6-/t12-,14+,15+,19+,20-/m0/s1. The van der Waals surface area contributed by atoms with E-state index in [9.17, 15) is 14.7 Å². The number of hydrogen-bond acceptors (Lipinski definition) is 5. The van der Waals surface area contributed by atoms with Crippen LogP contribution in [-0.2, 0) is 19.1 Å². The number of fused-ring (bicyclic) bond motifs is 2. The average molecular weight is 348 g/mol. The van der Waals surface area contributed by atoms with Crippen molar-refractivity contribution in [1.29, 1.82) is 0 Å². The third-order valence-corrected chi connectivity index (χ3v) is 6.82. The summed E-state index contributed by atoms with van der Waals surface area (Å²) in [5.41, 5.74) is 1.86. The summed E-state index contributed by atoms with van der Waals surface area (Å²) in [4.78, 5) is 24.0. The van der Waals surface area contributed by atoms with Crippen LogP contribution in [0.15, 0.2) is 22.8 Å². The average Bonchev–Trinajstić information content (AvgIpc) is 2.75. The largest absolute Gasteiger partial charge is 0.459 e. The first-order chi connectivity index (χ1) is 11.6. The highest BCUT2D eigenvalue weighted by atomic mass is 16.7. The predicted molar refractivity (Wildman–Crippen MR) is 92.3 cm³/mol. The van der Waals surface area contributed by atoms with Gasteiger partial charge in [0, 0.05) is 23.1 Å². The van der Waals surface area contributed by atoms with Crippen molar-refractivity contribution in [2.75, 3.05) is 0 Å². The summed E-state index contributed by atoms with van der Waals surface area (Å²) in [5, 5.41) is 10.9. The van der Waals surface area contributed by atoms with E-state index in [1.165, 1.54) is 0 Å². The Morgan fingerprint density at radius 3 is 2.72 bits per heavy atom. The van der Waals surface area contributed by atoms with Gasteiger partial charge in [-0.25, -0.2) is 9.59 Å². The number of carbonyl (C=O) groups excluding carboxylic acids is 2. The lowest BCUT2D eigenvalue weighted by molar-refractivity contribution is -0.209. The second-order valence-corrected chi connectivity index (χ2v) is 8.23. The molecular formula is C20H28O5. The van der Waals surface area contributed by atoms with Gasteiger partial charge in [-0.3, -0.25) is 0 Å². The number of aliphatic hydroxyl groups is 1. The molecule has 0 aromatic heterocycles. The zero-order valence-electron chi connectivity index (χ0n) is 15.7. The quantitative estimate of drug-likeness (QED) is 0.612. The van der Waals surface area contributed by atoms with Crippen LogP contribution in [0.2, 0.25) is 0 Å². The highest BCUT2D eigenvalue weighted by Crippen LogP contribution is 2.59. The van der Waals surface area contributed by atoms with E-state index in [2.05, 4.69) is 13.8 Å². The molecule has 0 saturated heterocycles. The fourth-order valence-corrected chi connectivity index (χ4v) is 4.70. The van der Waals surface area contributed by atoms with Crippen LogP contribution in [0.25, 0.3) is 0 Å². The molecule has 0 bridgehead atoms. The molecule has 1 N–H and O–H groups in total. The van der Waals surface area contributed by atoms with E-state index < -0.39 is 11.8 Å². The third kappa shape index (κ3) is 2.82. The van der Waals surface area contributed by atoms with Crippen LogP contribution in [0.1, 0.15) is 60.3 Å². The number of allylic oxidation sites excluding steroid dienone is 1. The molecule has 0 spiro atoms. The van der Waals surface area contributed by atoms with Crippen LogP contribution >= 0.6 is 0 Å². The van der Waals surface area contributed by atoms with Crippen LogP contribution in [0.5, 0.6) is 0 Å². The van der Waals surface area contributed by atoms with Crippen molar-refractivity contribution in [3.05, 3.63) is 22.8 Å². The van der Waals surface area contributed by atoms with Gasteiger partial charge >= 0.3 is 11.9 Å². The Labute approximate surface area is 149 Å². The Kier molecular flexibility index (Phi) is 4.34. The Bertz CT molecular complexity index is 676. The first-order valence-electron chi connectivity index (χ1n) is 9.10. The van der Waals surface area contributed by atoms with Gasteiger partial charge in [0.15, 0.2) is 0 Å². The van der Waals surface area contributed by atoms with Gasteiger partial charge in [0.05, 0.1) is 0 Å². The zero-order valence-corrected chi connectivity index (χ0v) is 15.7. The summed E-state index contributed by atoms with van der Waals surface area (Å²) in [5.74, 6) is -1.72. The molecule has 25 heavy (non-hydrogen) atoms. The molecule has 1 aliphatic heterocycles. The molecule has 0 amide bonds. The summed E-state index contributed by atoms with van der Waals surface area (Å²) in [6, 6.07) is 0. The van der Waals surface area contributed by atoms with Gasteiger partial charge in [-0.15, -0.1) is 0 Å². The maximum Gasteiger partial charge on any atom is 0.336 e. The summed E-state index contributed by atoms with van der Waals surface area (Å²) < 4.78 is 11.0. The van der Waals surface area contributed by atoms with E-state index in [1.54, 1.807) is 19.9 Å². The van der Waals surface area contributed by atoms with Crippen LogP contribution < -0.4 is 0 Å². The summed E-state index contributed by atoms with van der Waals surface area (Å²) in [6.07, 6.45) is 4.11. The molecule has 5 nitrogen and oxygen atoms in total. The van der Waals surface area contributed by atoms with Crippen molar-refractivity contribution in [1.82, 2.24) is 0 Å². The smallest absolute Gasteiger partial charge is 0.336 e. The molecule has 0 aromatic carbocycles. The fourth-order valence-electron chi connectivity index (χ4n) is 4.70. The monoisotopic (exact) mass is 348 g/mol. The maximum atomic E-state index is 12.1. The van der Waals surface area contributed by atoms with E-state index >= 15 is 0 Å². The minimum atomic E-state index is -1.48. The Hall–Kier alpha value is -1.62. The van der Waals surface area contributed by atoms with Crippen molar-refractivity contribution in [2.45, 2.75) is 72.2 Å². The van der Waals surface area contributed by atoms with Gasteiger partial charge in [0.1, 0.15) is 6.10 Å². The summed E-state index contributed by atoms with van der Waals surface area (Å²) in [6.45, 7) is 9.70. The van der Waals surface area contributed by atoms with Gasteiger partial charge in [-0.2, -0.15) is 0 Å². The van der Waals surface area contributed by atoms with Gasteiger partial charge in [0.25, 0.3) is 0 Å². The highest BCUT2D eigenvalue weighted by Gasteiger charge is 2.58. The number of carbonyl (C=O) groups is 2. The topological polar surface area (TPSA) is 72.8 Å². The van der Waals surface area contributed by atoms with E-state index in [0.717, 1.165) is 12.0 Å². The molecule has 3 rings (SSSR count). The van der Waals surface area contributed by atoms with Crippen LogP contribution in [0.3, 0.4) is 0 Å². The molecule has 5 heteroatoms. The lowest BCUT2D eigenvalue weighted by atomic mass is 9.53. The van der Waals surface area contributed by atoms with Crippen LogP contribution in [-0.4, -0.2) is 28.9 Å². The van der Waals surface area contributed by atoms with Crippen molar-refractivity contribution < 1.29 is 24.2 Å². The second-order valence-electron chi connectivity index (χ2n) is 8.23. The predicted octanol–water partition coefficient (Wildman–Crippen LogP) is 3.27. The molecule has 0 aromatic rings. The Morgan fingerprint density at radius 2 is 2.08 bits per heavy atom. The molecule has 3 aliphatic rings. The number of esters is 2. The first-order valence-corrected chi connectivity index (χ1v) is 9.10. The third-order valence-electron chi connectivity index (χ3n) is 6.82. The SMILES string of the molecule is C/C=C(/C)C(=O)O[C@H]1C[C@@H]2C[C@]3(O)OC(=O)C(C)=C3C[C@]2(C)[C@@H](C)C1. The Morgan fingerprint density at radius 1 is 1.40 bits per heavy atom. The van der Waals surface area contributed by atoms with Gasteiger partial charge in [0.2, 0.25) is 5.79 Å². The van der Waals surface area contributed by atoms with E-state index in [4.69, 9.17) is 9.47 Å². The van der Waals surface area contributed by atoms with Crippen molar-refractivity contribution >= 4 is 11.9 Å². The van der Waals surface area contributed by atoms with Gasteiger partial charge < -0.3 is 14.6 Å². The second kappa shape index (κ2) is 5.97. The van der Waals surface area contributed by atoms with Crippen molar-refractivity contribution in [2.24, 2.45) is 17.3 Å². The lowest BCUT2D eigenvalue weighted by Crippen LogP contribution is -2.52. The van der Waals surface area contributed by atoms with E-state index in [-0.39, 0.29) is 23.4 Å². The molecular weight excluding hydrogens is 320 g/mol. The number of hydrogen-bond donors (Lipinski definition) is 1. The van der Waals surface area contributed by atoms with Crippen LogP contribution in [0, 0.1) is 17.3 Å².